The summed E-state index contributed by atoms with van der Waals surface area (Å²) in [6.45, 7) is 1.26. The van der Waals surface area contributed by atoms with Gasteiger partial charge in [-0.3, -0.25) is 14.8 Å². The zero-order valence-corrected chi connectivity index (χ0v) is 16.8. The Balaban J connectivity index is 1.50. The summed E-state index contributed by atoms with van der Waals surface area (Å²) in [5.74, 6) is 0.117. The second kappa shape index (κ2) is 8.88. The van der Waals surface area contributed by atoms with Crippen LogP contribution in [0.5, 0.6) is 0 Å². The van der Waals surface area contributed by atoms with Gasteiger partial charge in [-0.15, -0.1) is 0 Å². The Morgan fingerprint density at radius 3 is 2.61 bits per heavy atom. The Kier molecular flexibility index (Phi) is 6.02. The third kappa shape index (κ3) is 5.10. The number of amides is 1. The molecule has 1 aliphatic heterocycles. The molecule has 1 atom stereocenters. The van der Waals surface area contributed by atoms with E-state index in [1.54, 1.807) is 24.5 Å². The predicted octanol–water partition coefficient (Wildman–Crippen LogP) is 5.11. The Bertz CT molecular complexity index is 1050. The van der Waals surface area contributed by atoms with E-state index in [2.05, 4.69) is 9.97 Å². The van der Waals surface area contributed by atoms with Crippen LogP contribution in [0.15, 0.2) is 67.0 Å². The fourth-order valence-electron chi connectivity index (χ4n) is 3.93. The van der Waals surface area contributed by atoms with E-state index < -0.39 is 11.7 Å². The zero-order chi connectivity index (χ0) is 21.8. The summed E-state index contributed by atoms with van der Waals surface area (Å²) >= 11 is 0. The van der Waals surface area contributed by atoms with Crippen LogP contribution in [0.1, 0.15) is 35.6 Å². The highest BCUT2D eigenvalue weighted by molar-refractivity contribution is 5.79. The average Bonchev–Trinajstić information content (AvgIpc) is 2.79. The van der Waals surface area contributed by atoms with Gasteiger partial charge in [0.2, 0.25) is 5.91 Å². The van der Waals surface area contributed by atoms with E-state index in [1.807, 2.05) is 29.2 Å². The van der Waals surface area contributed by atoms with Crippen molar-refractivity contribution >= 4 is 5.91 Å². The maximum Gasteiger partial charge on any atom is 0.416 e. The van der Waals surface area contributed by atoms with Crippen molar-refractivity contribution in [2.75, 3.05) is 13.1 Å². The molecule has 31 heavy (non-hydrogen) atoms. The second-order valence-electron chi connectivity index (χ2n) is 7.74. The van der Waals surface area contributed by atoms with Gasteiger partial charge in [0.05, 0.1) is 17.7 Å². The minimum Gasteiger partial charge on any atom is -0.342 e. The minimum absolute atomic E-state index is 0.0564. The molecule has 1 saturated heterocycles. The summed E-state index contributed by atoms with van der Waals surface area (Å²) in [4.78, 5) is 23.2. The lowest BCUT2D eigenvalue weighted by molar-refractivity contribution is -0.137. The monoisotopic (exact) mass is 425 g/mol. The van der Waals surface area contributed by atoms with Crippen molar-refractivity contribution in [3.63, 3.8) is 0 Å². The Morgan fingerprint density at radius 2 is 1.84 bits per heavy atom. The van der Waals surface area contributed by atoms with E-state index in [-0.39, 0.29) is 11.8 Å². The van der Waals surface area contributed by atoms with Crippen molar-refractivity contribution in [2.24, 2.45) is 0 Å². The van der Waals surface area contributed by atoms with E-state index in [4.69, 9.17) is 0 Å². The molecule has 0 bridgehead atoms. The van der Waals surface area contributed by atoms with Crippen molar-refractivity contribution < 1.29 is 18.0 Å². The first kappa shape index (κ1) is 21.0. The lowest BCUT2D eigenvalue weighted by Crippen LogP contribution is -2.40. The molecule has 0 radical (unpaired) electrons. The molecule has 2 aromatic heterocycles. The maximum atomic E-state index is 13.1. The van der Waals surface area contributed by atoms with Crippen molar-refractivity contribution in [1.82, 2.24) is 14.9 Å². The molecule has 0 unspecified atom stereocenters. The first-order valence-electron chi connectivity index (χ1n) is 10.2. The number of hydrogen-bond acceptors (Lipinski definition) is 3. The normalized spacial score (nSPS) is 16.9. The van der Waals surface area contributed by atoms with Gasteiger partial charge in [-0.25, -0.2) is 0 Å². The van der Waals surface area contributed by atoms with Crippen LogP contribution in [0.2, 0.25) is 0 Å². The molecule has 3 heterocycles. The van der Waals surface area contributed by atoms with Crippen molar-refractivity contribution in [3.8, 4) is 11.3 Å². The number of alkyl halides is 3. The summed E-state index contributed by atoms with van der Waals surface area (Å²) < 4.78 is 39.2. The third-order valence-corrected chi connectivity index (χ3v) is 5.55. The SMILES string of the molecule is O=C(Cc1ccncc1)N1CCC[C@H](c2cccc(-c3cccc(C(F)(F)F)c3)n2)C1. The number of likely N-dealkylation sites (tertiary alicyclic amines) is 1. The molecule has 4 rings (SSSR count). The number of carbonyl (C=O) groups excluding carboxylic acids is 1. The van der Waals surface area contributed by atoms with Gasteiger partial charge in [-0.1, -0.05) is 18.2 Å². The van der Waals surface area contributed by atoms with Gasteiger partial charge in [-0.05, 0) is 54.8 Å². The lowest BCUT2D eigenvalue weighted by Gasteiger charge is -2.32. The van der Waals surface area contributed by atoms with Crippen LogP contribution < -0.4 is 0 Å². The Labute approximate surface area is 178 Å². The molecule has 3 aromatic rings. The summed E-state index contributed by atoms with van der Waals surface area (Å²) in [6, 6.07) is 14.3. The van der Waals surface area contributed by atoms with E-state index in [0.717, 1.165) is 36.2 Å². The van der Waals surface area contributed by atoms with E-state index in [1.165, 1.54) is 6.07 Å². The fraction of sp³-hybridized carbons (Fsp3) is 0.292. The zero-order valence-electron chi connectivity index (χ0n) is 16.8. The summed E-state index contributed by atoms with van der Waals surface area (Å²) in [6.07, 6.45) is 1.02. The smallest absolute Gasteiger partial charge is 0.342 e. The number of pyridine rings is 2. The van der Waals surface area contributed by atoms with E-state index >= 15 is 0 Å². The molecule has 0 saturated carbocycles. The van der Waals surface area contributed by atoms with Gasteiger partial charge in [0.15, 0.2) is 0 Å². The van der Waals surface area contributed by atoms with Crippen molar-refractivity contribution in [2.45, 2.75) is 31.4 Å². The molecule has 1 amide bonds. The predicted molar refractivity (Wildman–Crippen MR) is 111 cm³/mol. The van der Waals surface area contributed by atoms with Crippen molar-refractivity contribution in [3.05, 3.63) is 83.8 Å². The van der Waals surface area contributed by atoms with Crippen molar-refractivity contribution in [1.29, 1.82) is 0 Å². The van der Waals surface area contributed by atoms with Crippen LogP contribution in [0.4, 0.5) is 13.2 Å². The number of carbonyl (C=O) groups is 1. The fourth-order valence-corrected chi connectivity index (χ4v) is 3.93. The number of nitrogens with zero attached hydrogens (tertiary/aromatic N) is 3. The molecule has 0 aliphatic carbocycles. The van der Waals surface area contributed by atoms with Crippen LogP contribution in [-0.4, -0.2) is 33.9 Å². The molecule has 4 nitrogen and oxygen atoms in total. The number of halogens is 3. The van der Waals surface area contributed by atoms with Crippen LogP contribution in [0.25, 0.3) is 11.3 Å². The topological polar surface area (TPSA) is 46.1 Å². The van der Waals surface area contributed by atoms with Crippen LogP contribution in [-0.2, 0) is 17.4 Å². The summed E-state index contributed by atoms with van der Waals surface area (Å²) in [5.41, 5.74) is 1.97. The Morgan fingerprint density at radius 1 is 1.06 bits per heavy atom. The molecule has 1 fully saturated rings. The lowest BCUT2D eigenvalue weighted by atomic mass is 9.93. The second-order valence-corrected chi connectivity index (χ2v) is 7.74. The van der Waals surface area contributed by atoms with Gasteiger partial charge < -0.3 is 4.90 Å². The molecule has 1 aliphatic rings. The minimum atomic E-state index is -4.40. The van der Waals surface area contributed by atoms with Gasteiger partial charge in [0, 0.05) is 42.7 Å². The van der Waals surface area contributed by atoms with Gasteiger partial charge >= 0.3 is 6.18 Å². The first-order chi connectivity index (χ1) is 14.9. The standard InChI is InChI=1S/C24H22F3N3O/c25-24(26,27)20-6-1-4-18(15-20)21-7-2-8-22(29-21)19-5-3-13-30(16-19)23(31)14-17-9-11-28-12-10-17/h1-2,4,6-12,15,19H,3,5,13-14,16H2/t19-/m0/s1. The van der Waals surface area contributed by atoms with Crippen LogP contribution in [0, 0.1) is 0 Å². The molecule has 1 aromatic carbocycles. The summed E-state index contributed by atoms with van der Waals surface area (Å²) in [5, 5.41) is 0. The largest absolute Gasteiger partial charge is 0.416 e. The van der Waals surface area contributed by atoms with Gasteiger partial charge in [0.1, 0.15) is 0 Å². The number of piperidine rings is 1. The molecular formula is C24H22F3N3O. The van der Waals surface area contributed by atoms with Crippen LogP contribution in [0.3, 0.4) is 0 Å². The highest BCUT2D eigenvalue weighted by Gasteiger charge is 2.31. The highest BCUT2D eigenvalue weighted by atomic mass is 19.4. The van der Waals surface area contributed by atoms with Gasteiger partial charge in [0.25, 0.3) is 0 Å². The molecule has 0 N–H and O–H groups in total. The van der Waals surface area contributed by atoms with E-state index in [9.17, 15) is 18.0 Å². The molecule has 7 heteroatoms. The summed E-state index contributed by atoms with van der Waals surface area (Å²) in [7, 11) is 0. The third-order valence-electron chi connectivity index (χ3n) is 5.55. The number of rotatable bonds is 4. The molecule has 160 valence electrons. The highest BCUT2D eigenvalue weighted by Crippen LogP contribution is 2.33. The first-order valence-corrected chi connectivity index (χ1v) is 10.2. The quantitative estimate of drug-likeness (QED) is 0.584. The number of aromatic nitrogens is 2. The van der Waals surface area contributed by atoms with Crippen LogP contribution >= 0.6 is 0 Å². The number of benzene rings is 1. The van der Waals surface area contributed by atoms with Gasteiger partial charge in [-0.2, -0.15) is 13.2 Å². The number of hydrogen-bond donors (Lipinski definition) is 0. The average molecular weight is 425 g/mol. The maximum absolute atomic E-state index is 13.1. The molecular weight excluding hydrogens is 403 g/mol. The molecule has 0 spiro atoms. The van der Waals surface area contributed by atoms with E-state index in [0.29, 0.717) is 30.8 Å². The Hall–Kier alpha value is -3.22.